The number of nitrogens with zero attached hydrogens (tertiary/aromatic N) is 1. The monoisotopic (exact) mass is 351 g/mol. The molecule has 0 aromatic heterocycles. The fourth-order valence-corrected chi connectivity index (χ4v) is 1.95. The summed E-state index contributed by atoms with van der Waals surface area (Å²) in [6.45, 7) is 0. The van der Waals surface area contributed by atoms with E-state index >= 15 is 0 Å². The number of rotatable bonds is 2. The number of hydrogen-bond donors (Lipinski definition) is 0. The van der Waals surface area contributed by atoms with E-state index in [4.69, 9.17) is 0 Å². The molecule has 106 valence electrons. The van der Waals surface area contributed by atoms with Crippen molar-refractivity contribution in [3.8, 4) is 0 Å². The van der Waals surface area contributed by atoms with Gasteiger partial charge in [-0.25, -0.2) is 0 Å². The lowest BCUT2D eigenvalue weighted by atomic mass is 10.0. The highest BCUT2D eigenvalue weighted by Crippen LogP contribution is 2.45. The molecule has 0 amide bonds. The van der Waals surface area contributed by atoms with Gasteiger partial charge in [0, 0.05) is 5.33 Å². The molecule has 0 spiro atoms. The van der Waals surface area contributed by atoms with E-state index in [0.29, 0.717) is 6.07 Å². The first-order valence-corrected chi connectivity index (χ1v) is 5.63. The molecule has 0 aliphatic heterocycles. The third-order valence-corrected chi connectivity index (χ3v) is 2.78. The van der Waals surface area contributed by atoms with Crippen LogP contribution in [-0.2, 0) is 17.7 Å². The first-order valence-electron chi connectivity index (χ1n) is 4.50. The summed E-state index contributed by atoms with van der Waals surface area (Å²) in [5.41, 5.74) is -6.41. The Labute approximate surface area is 110 Å². The van der Waals surface area contributed by atoms with E-state index in [-0.39, 0.29) is 6.07 Å². The summed E-state index contributed by atoms with van der Waals surface area (Å²) in [5, 5.41) is 10.1. The molecule has 19 heavy (non-hydrogen) atoms. The van der Waals surface area contributed by atoms with Gasteiger partial charge in [0.05, 0.1) is 4.92 Å². The Hall–Kier alpha value is -1.32. The van der Waals surface area contributed by atoms with Gasteiger partial charge in [-0.15, -0.1) is 0 Å². The van der Waals surface area contributed by atoms with Crippen molar-refractivity contribution in [2.24, 2.45) is 0 Å². The van der Waals surface area contributed by atoms with Crippen molar-refractivity contribution in [2.75, 3.05) is 0 Å². The largest absolute Gasteiger partial charge is 0.423 e. The highest BCUT2D eigenvalue weighted by Gasteiger charge is 2.47. The average molecular weight is 352 g/mol. The summed E-state index contributed by atoms with van der Waals surface area (Å²) in [6.07, 6.45) is -10.5. The van der Waals surface area contributed by atoms with Crippen LogP contribution in [0.3, 0.4) is 0 Å². The van der Waals surface area contributed by atoms with Crippen LogP contribution < -0.4 is 0 Å². The smallest absolute Gasteiger partial charge is 0.258 e. The van der Waals surface area contributed by atoms with E-state index in [1.807, 2.05) is 0 Å². The van der Waals surface area contributed by atoms with Crippen LogP contribution in [0.2, 0.25) is 0 Å². The van der Waals surface area contributed by atoms with Gasteiger partial charge < -0.3 is 0 Å². The molecule has 0 fully saturated rings. The first-order chi connectivity index (χ1) is 8.50. The Bertz CT molecular complexity index is 511. The predicted molar refractivity (Wildman–Crippen MR) is 55.7 cm³/mol. The van der Waals surface area contributed by atoms with Crippen LogP contribution >= 0.6 is 15.9 Å². The van der Waals surface area contributed by atoms with Gasteiger partial charge in [0.1, 0.15) is 11.1 Å². The molecule has 10 heteroatoms. The van der Waals surface area contributed by atoms with E-state index in [9.17, 15) is 36.5 Å². The van der Waals surface area contributed by atoms with Crippen molar-refractivity contribution in [3.05, 3.63) is 38.9 Å². The SMILES string of the molecule is O=[N+]([O-])c1c(C(F)(F)F)ccc(CBr)c1C(F)(F)F. The molecule has 0 heterocycles. The van der Waals surface area contributed by atoms with Crippen LogP contribution in [0.1, 0.15) is 16.7 Å². The van der Waals surface area contributed by atoms with Crippen LogP contribution in [0.25, 0.3) is 0 Å². The van der Waals surface area contributed by atoms with Crippen molar-refractivity contribution in [2.45, 2.75) is 17.7 Å². The molecule has 0 unspecified atom stereocenters. The van der Waals surface area contributed by atoms with E-state index in [2.05, 4.69) is 15.9 Å². The minimum Gasteiger partial charge on any atom is -0.258 e. The highest BCUT2D eigenvalue weighted by molar-refractivity contribution is 9.08. The average Bonchev–Trinajstić information content (AvgIpc) is 2.24. The number of alkyl halides is 7. The van der Waals surface area contributed by atoms with Crippen LogP contribution in [0.4, 0.5) is 32.0 Å². The van der Waals surface area contributed by atoms with E-state index in [0.717, 1.165) is 0 Å². The van der Waals surface area contributed by atoms with E-state index in [1.54, 1.807) is 0 Å². The molecule has 1 aromatic rings. The standard InChI is InChI=1S/C9H4BrF6NO2/c10-3-4-1-2-5(8(11,12)13)7(17(18)19)6(4)9(14,15)16/h1-2H,3H2. The topological polar surface area (TPSA) is 43.1 Å². The van der Waals surface area contributed by atoms with Crippen LogP contribution in [0.15, 0.2) is 12.1 Å². The molecule has 0 aliphatic rings. The molecule has 0 saturated heterocycles. The second-order valence-corrected chi connectivity index (χ2v) is 3.94. The number of hydrogen-bond acceptors (Lipinski definition) is 2. The minimum atomic E-state index is -5.26. The third-order valence-electron chi connectivity index (χ3n) is 2.18. The normalized spacial score (nSPS) is 12.6. The zero-order chi connectivity index (χ0) is 15.0. The van der Waals surface area contributed by atoms with Crippen molar-refractivity contribution in [1.82, 2.24) is 0 Å². The Morgan fingerprint density at radius 3 is 1.95 bits per heavy atom. The fourth-order valence-electron chi connectivity index (χ4n) is 1.48. The molecule has 0 N–H and O–H groups in total. The Kier molecular flexibility index (Phi) is 4.13. The predicted octanol–water partition coefficient (Wildman–Crippen LogP) is 4.53. The van der Waals surface area contributed by atoms with Crippen molar-refractivity contribution < 1.29 is 31.3 Å². The zero-order valence-corrected chi connectivity index (χ0v) is 10.4. The van der Waals surface area contributed by atoms with Crippen molar-refractivity contribution >= 4 is 21.6 Å². The molecule has 1 aromatic carbocycles. The molecule has 0 aliphatic carbocycles. The number of benzene rings is 1. The summed E-state index contributed by atoms with van der Waals surface area (Å²) in [7, 11) is 0. The van der Waals surface area contributed by atoms with Crippen molar-refractivity contribution in [1.29, 1.82) is 0 Å². The summed E-state index contributed by atoms with van der Waals surface area (Å²) >= 11 is 2.66. The van der Waals surface area contributed by atoms with Gasteiger partial charge in [0.15, 0.2) is 0 Å². The minimum absolute atomic E-state index is 0.268. The van der Waals surface area contributed by atoms with Crippen LogP contribution in [-0.4, -0.2) is 4.92 Å². The van der Waals surface area contributed by atoms with Crippen LogP contribution in [0.5, 0.6) is 0 Å². The van der Waals surface area contributed by atoms with Gasteiger partial charge in [-0.1, -0.05) is 22.0 Å². The van der Waals surface area contributed by atoms with E-state index in [1.165, 1.54) is 0 Å². The quantitative estimate of drug-likeness (QED) is 0.340. The molecule has 0 atom stereocenters. The summed E-state index contributed by atoms with van der Waals surface area (Å²) in [6, 6.07) is 0.831. The molecule has 1 rings (SSSR count). The lowest BCUT2D eigenvalue weighted by Gasteiger charge is -2.15. The van der Waals surface area contributed by atoms with E-state index < -0.39 is 45.0 Å². The molecule has 0 radical (unpaired) electrons. The molecular formula is C9H4BrF6NO2. The maximum absolute atomic E-state index is 12.7. The Morgan fingerprint density at radius 1 is 1.11 bits per heavy atom. The van der Waals surface area contributed by atoms with Gasteiger partial charge in [-0.2, -0.15) is 26.3 Å². The third kappa shape index (κ3) is 3.17. The van der Waals surface area contributed by atoms with Crippen LogP contribution in [0, 0.1) is 10.1 Å². The van der Waals surface area contributed by atoms with Gasteiger partial charge in [-0.3, -0.25) is 10.1 Å². The van der Waals surface area contributed by atoms with Gasteiger partial charge >= 0.3 is 12.4 Å². The van der Waals surface area contributed by atoms with Gasteiger partial charge in [0.2, 0.25) is 0 Å². The Morgan fingerprint density at radius 2 is 1.63 bits per heavy atom. The maximum atomic E-state index is 12.7. The molecular weight excluding hydrogens is 348 g/mol. The summed E-state index contributed by atoms with van der Waals surface area (Å²) in [4.78, 5) is 8.93. The highest BCUT2D eigenvalue weighted by atomic mass is 79.9. The van der Waals surface area contributed by atoms with Gasteiger partial charge in [-0.05, 0) is 11.6 Å². The second kappa shape index (κ2) is 4.99. The molecule has 0 bridgehead atoms. The number of nitro groups is 1. The lowest BCUT2D eigenvalue weighted by molar-refractivity contribution is -0.391. The zero-order valence-electron chi connectivity index (χ0n) is 8.77. The maximum Gasteiger partial charge on any atom is 0.423 e. The fraction of sp³-hybridized carbons (Fsp3) is 0.333. The summed E-state index contributed by atoms with van der Waals surface area (Å²) in [5.74, 6) is 0. The second-order valence-electron chi connectivity index (χ2n) is 3.38. The first kappa shape index (κ1) is 15.7. The van der Waals surface area contributed by atoms with Gasteiger partial charge in [0.25, 0.3) is 5.69 Å². The molecule has 3 nitrogen and oxygen atoms in total. The molecule has 0 saturated carbocycles. The Balaban J connectivity index is 3.79. The summed E-state index contributed by atoms with van der Waals surface area (Å²) < 4.78 is 75.8. The lowest BCUT2D eigenvalue weighted by Crippen LogP contribution is -2.17. The van der Waals surface area contributed by atoms with Crippen molar-refractivity contribution in [3.63, 3.8) is 0 Å². The number of nitro benzene ring substituents is 1. The number of halogens is 7.